The summed E-state index contributed by atoms with van der Waals surface area (Å²) in [6, 6.07) is 3.85. The number of thiophene rings is 1. The highest BCUT2D eigenvalue weighted by Gasteiger charge is 2.10. The zero-order chi connectivity index (χ0) is 9.14. The van der Waals surface area contributed by atoms with Gasteiger partial charge < -0.3 is 5.11 Å². The molecule has 0 spiro atoms. The van der Waals surface area contributed by atoms with E-state index in [4.69, 9.17) is 10.4 Å². The van der Waals surface area contributed by atoms with Crippen molar-refractivity contribution in [3.63, 3.8) is 0 Å². The van der Waals surface area contributed by atoms with Crippen LogP contribution in [0.15, 0.2) is 6.07 Å². The van der Waals surface area contributed by atoms with Crippen LogP contribution in [0.5, 0.6) is 0 Å². The van der Waals surface area contributed by atoms with Gasteiger partial charge in [-0.25, -0.2) is 0 Å². The molecule has 0 saturated carbocycles. The minimum Gasteiger partial charge on any atom is -0.392 e. The first-order chi connectivity index (χ1) is 5.69. The van der Waals surface area contributed by atoms with Crippen LogP contribution in [-0.4, -0.2) is 5.11 Å². The van der Waals surface area contributed by atoms with Gasteiger partial charge in [-0.15, -0.1) is 11.3 Å². The molecule has 0 fully saturated rings. The quantitative estimate of drug-likeness (QED) is 0.760. The van der Waals surface area contributed by atoms with Gasteiger partial charge in [-0.05, 0) is 17.5 Å². The maximum Gasteiger partial charge on any atom is 0.110 e. The number of rotatable bonds is 2. The molecule has 0 unspecified atom stereocenters. The van der Waals surface area contributed by atoms with Gasteiger partial charge in [0.2, 0.25) is 0 Å². The maximum atomic E-state index is 8.97. The van der Waals surface area contributed by atoms with Crippen LogP contribution in [0.4, 0.5) is 0 Å². The number of hydrogen-bond donors (Lipinski definition) is 1. The molecule has 64 valence electrons. The zero-order valence-corrected chi connectivity index (χ0v) is 7.98. The number of hydrogen-bond acceptors (Lipinski definition) is 3. The Kier molecular flexibility index (Phi) is 2.85. The Balaban J connectivity index is 3.10. The topological polar surface area (TPSA) is 44.0 Å². The molecule has 0 aromatic carbocycles. The van der Waals surface area contributed by atoms with Crippen molar-refractivity contribution >= 4 is 11.3 Å². The van der Waals surface area contributed by atoms with Crippen LogP contribution in [0.2, 0.25) is 0 Å². The Morgan fingerprint density at radius 3 is 2.67 bits per heavy atom. The van der Waals surface area contributed by atoms with Gasteiger partial charge in [0.1, 0.15) is 10.9 Å². The van der Waals surface area contributed by atoms with E-state index in [0.717, 1.165) is 10.4 Å². The maximum absolute atomic E-state index is 8.97. The third-order valence-electron chi connectivity index (χ3n) is 1.65. The van der Waals surface area contributed by atoms with Crippen LogP contribution in [0.25, 0.3) is 0 Å². The molecule has 3 heteroatoms. The number of nitriles is 1. The lowest BCUT2D eigenvalue weighted by Crippen LogP contribution is -1.88. The van der Waals surface area contributed by atoms with E-state index in [1.54, 1.807) is 6.07 Å². The highest BCUT2D eigenvalue weighted by atomic mass is 32.1. The van der Waals surface area contributed by atoms with Crippen molar-refractivity contribution in [2.24, 2.45) is 0 Å². The molecule has 0 bridgehead atoms. The summed E-state index contributed by atoms with van der Waals surface area (Å²) in [5, 5.41) is 17.6. The van der Waals surface area contributed by atoms with Crippen molar-refractivity contribution in [1.29, 1.82) is 5.26 Å². The van der Waals surface area contributed by atoms with Crippen LogP contribution in [-0.2, 0) is 6.61 Å². The van der Waals surface area contributed by atoms with Gasteiger partial charge in [0.25, 0.3) is 0 Å². The average Bonchev–Trinajstić information content (AvgIpc) is 2.47. The standard InChI is InChI=1S/C9H11NOS/c1-6(2)9-7(5-11)3-8(4-10)12-9/h3,6,11H,5H2,1-2H3. The summed E-state index contributed by atoms with van der Waals surface area (Å²) in [6.07, 6.45) is 0. The molecule has 2 nitrogen and oxygen atoms in total. The Morgan fingerprint density at radius 2 is 2.33 bits per heavy atom. The smallest absolute Gasteiger partial charge is 0.110 e. The van der Waals surface area contributed by atoms with Gasteiger partial charge in [0, 0.05) is 4.88 Å². The second kappa shape index (κ2) is 3.70. The summed E-state index contributed by atoms with van der Waals surface area (Å²) in [6.45, 7) is 4.16. The van der Waals surface area contributed by atoms with Crippen LogP contribution >= 0.6 is 11.3 Å². The minimum atomic E-state index is 0.0334. The summed E-state index contributed by atoms with van der Waals surface area (Å²) in [5.74, 6) is 0.388. The lowest BCUT2D eigenvalue weighted by Gasteiger charge is -2.02. The van der Waals surface area contributed by atoms with Crippen molar-refractivity contribution in [3.05, 3.63) is 21.4 Å². The molecule has 1 aromatic heterocycles. The van der Waals surface area contributed by atoms with Crippen molar-refractivity contribution < 1.29 is 5.11 Å². The molecule has 0 atom stereocenters. The van der Waals surface area contributed by atoms with E-state index in [1.165, 1.54) is 11.3 Å². The highest BCUT2D eigenvalue weighted by Crippen LogP contribution is 2.28. The van der Waals surface area contributed by atoms with E-state index in [0.29, 0.717) is 10.8 Å². The average molecular weight is 181 g/mol. The van der Waals surface area contributed by atoms with Crippen LogP contribution in [0, 0.1) is 11.3 Å². The molecule has 0 aliphatic rings. The van der Waals surface area contributed by atoms with Crippen molar-refractivity contribution in [3.8, 4) is 6.07 Å². The summed E-state index contributed by atoms with van der Waals surface area (Å²) in [4.78, 5) is 1.80. The molecule has 0 radical (unpaired) electrons. The van der Waals surface area contributed by atoms with Gasteiger partial charge in [-0.3, -0.25) is 0 Å². The second-order valence-electron chi connectivity index (χ2n) is 2.92. The molecule has 0 saturated heterocycles. The predicted molar refractivity (Wildman–Crippen MR) is 49.0 cm³/mol. The zero-order valence-electron chi connectivity index (χ0n) is 7.16. The van der Waals surface area contributed by atoms with E-state index < -0.39 is 0 Å². The summed E-state index contributed by atoms with van der Waals surface area (Å²) < 4.78 is 0. The Labute approximate surface area is 76.1 Å². The van der Waals surface area contributed by atoms with Crippen molar-refractivity contribution in [2.75, 3.05) is 0 Å². The fraction of sp³-hybridized carbons (Fsp3) is 0.444. The third kappa shape index (κ3) is 1.66. The molecular weight excluding hydrogens is 170 g/mol. The Bertz CT molecular complexity index is 309. The first kappa shape index (κ1) is 9.24. The van der Waals surface area contributed by atoms with Gasteiger partial charge in [-0.1, -0.05) is 13.8 Å². The number of aliphatic hydroxyl groups excluding tert-OH is 1. The van der Waals surface area contributed by atoms with Crippen LogP contribution in [0.3, 0.4) is 0 Å². The van der Waals surface area contributed by atoms with Gasteiger partial charge >= 0.3 is 0 Å². The number of aliphatic hydroxyl groups is 1. The normalized spacial score (nSPS) is 10.2. The van der Waals surface area contributed by atoms with Gasteiger partial charge in [-0.2, -0.15) is 5.26 Å². The summed E-state index contributed by atoms with van der Waals surface area (Å²) in [7, 11) is 0. The SMILES string of the molecule is CC(C)c1sc(C#N)cc1CO. The van der Waals surface area contributed by atoms with E-state index in [1.807, 2.05) is 0 Å². The summed E-state index contributed by atoms with van der Waals surface area (Å²) in [5.41, 5.74) is 0.895. The van der Waals surface area contributed by atoms with Crippen LogP contribution < -0.4 is 0 Å². The number of nitrogens with zero attached hydrogens (tertiary/aromatic N) is 1. The fourth-order valence-corrected chi connectivity index (χ4v) is 2.08. The van der Waals surface area contributed by atoms with Crippen LogP contribution in [0.1, 0.15) is 35.1 Å². The third-order valence-corrected chi connectivity index (χ3v) is 3.03. The van der Waals surface area contributed by atoms with Crippen molar-refractivity contribution in [1.82, 2.24) is 0 Å². The van der Waals surface area contributed by atoms with E-state index >= 15 is 0 Å². The molecule has 0 aliphatic heterocycles. The van der Waals surface area contributed by atoms with E-state index in [2.05, 4.69) is 19.9 Å². The second-order valence-corrected chi connectivity index (χ2v) is 4.01. The molecular formula is C9H11NOS. The predicted octanol–water partition coefficient (Wildman–Crippen LogP) is 2.24. The van der Waals surface area contributed by atoms with E-state index in [9.17, 15) is 0 Å². The molecule has 12 heavy (non-hydrogen) atoms. The lowest BCUT2D eigenvalue weighted by molar-refractivity contribution is 0.281. The fourth-order valence-electron chi connectivity index (χ4n) is 1.11. The molecule has 0 aliphatic carbocycles. The molecule has 1 aromatic rings. The monoisotopic (exact) mass is 181 g/mol. The first-order valence-electron chi connectivity index (χ1n) is 3.82. The van der Waals surface area contributed by atoms with Gasteiger partial charge in [0.05, 0.1) is 6.61 Å². The van der Waals surface area contributed by atoms with Gasteiger partial charge in [0.15, 0.2) is 0 Å². The Hall–Kier alpha value is -0.850. The van der Waals surface area contributed by atoms with Crippen molar-refractivity contribution in [2.45, 2.75) is 26.4 Å². The van der Waals surface area contributed by atoms with E-state index in [-0.39, 0.29) is 6.61 Å². The molecule has 1 heterocycles. The molecule has 0 amide bonds. The Morgan fingerprint density at radius 1 is 1.67 bits per heavy atom. The highest BCUT2D eigenvalue weighted by molar-refractivity contribution is 7.12. The minimum absolute atomic E-state index is 0.0334. The molecule has 1 rings (SSSR count). The first-order valence-corrected chi connectivity index (χ1v) is 4.64. The largest absolute Gasteiger partial charge is 0.392 e. The lowest BCUT2D eigenvalue weighted by atomic mass is 10.1. The molecule has 1 N–H and O–H groups in total. The summed E-state index contributed by atoms with van der Waals surface area (Å²) >= 11 is 1.47.